The van der Waals surface area contributed by atoms with Crippen molar-refractivity contribution in [2.75, 3.05) is 12.4 Å². The highest BCUT2D eigenvalue weighted by atomic mass is 35.5. The fourth-order valence-electron chi connectivity index (χ4n) is 2.27. The Labute approximate surface area is 136 Å². The molecular formula is C18H20ClNO2. The van der Waals surface area contributed by atoms with Gasteiger partial charge in [0.15, 0.2) is 0 Å². The third-order valence-electron chi connectivity index (χ3n) is 3.53. The molecule has 0 fully saturated rings. The van der Waals surface area contributed by atoms with Crippen molar-refractivity contribution in [3.05, 3.63) is 58.6 Å². The summed E-state index contributed by atoms with van der Waals surface area (Å²) in [5.74, 6) is 0.884. The Morgan fingerprint density at radius 2 is 1.91 bits per heavy atom. The van der Waals surface area contributed by atoms with Crippen molar-refractivity contribution >= 4 is 23.2 Å². The molecule has 22 heavy (non-hydrogen) atoms. The molecule has 2 rings (SSSR count). The number of benzene rings is 2. The number of hydrogen-bond acceptors (Lipinski definition) is 2. The van der Waals surface area contributed by atoms with Crippen molar-refractivity contribution in [2.24, 2.45) is 0 Å². The molecule has 0 heterocycles. The van der Waals surface area contributed by atoms with E-state index in [0.717, 1.165) is 24.3 Å². The van der Waals surface area contributed by atoms with Crippen LogP contribution in [0.4, 0.5) is 5.69 Å². The molecule has 0 saturated heterocycles. The average Bonchev–Trinajstić information content (AvgIpc) is 2.51. The van der Waals surface area contributed by atoms with Gasteiger partial charge >= 0.3 is 0 Å². The summed E-state index contributed by atoms with van der Waals surface area (Å²) >= 11 is 5.81. The highest BCUT2D eigenvalue weighted by molar-refractivity contribution is 6.30. The summed E-state index contributed by atoms with van der Waals surface area (Å²) in [6, 6.07) is 13.2. The number of rotatable bonds is 6. The Balaban J connectivity index is 1.80. The molecule has 0 spiro atoms. The number of anilines is 1. The summed E-state index contributed by atoms with van der Waals surface area (Å²) in [4.78, 5) is 11.9. The Kier molecular flexibility index (Phi) is 5.84. The minimum Gasteiger partial charge on any atom is -0.497 e. The van der Waals surface area contributed by atoms with Crippen LogP contribution in [0.1, 0.15) is 24.0 Å². The maximum Gasteiger partial charge on any atom is 0.224 e. The van der Waals surface area contributed by atoms with Crippen LogP contribution in [0, 0.1) is 6.92 Å². The van der Waals surface area contributed by atoms with E-state index in [0.29, 0.717) is 11.4 Å². The van der Waals surface area contributed by atoms with Crippen molar-refractivity contribution in [3.63, 3.8) is 0 Å². The van der Waals surface area contributed by atoms with Crippen molar-refractivity contribution in [2.45, 2.75) is 26.2 Å². The van der Waals surface area contributed by atoms with Gasteiger partial charge in [-0.1, -0.05) is 17.7 Å². The minimum atomic E-state index is 0.0217. The van der Waals surface area contributed by atoms with E-state index in [1.165, 1.54) is 11.1 Å². The highest BCUT2D eigenvalue weighted by Crippen LogP contribution is 2.19. The Morgan fingerprint density at radius 3 is 2.55 bits per heavy atom. The summed E-state index contributed by atoms with van der Waals surface area (Å²) in [5.41, 5.74) is 3.22. The summed E-state index contributed by atoms with van der Waals surface area (Å²) in [6.07, 6.45) is 2.19. The molecule has 0 unspecified atom stereocenters. The van der Waals surface area contributed by atoms with E-state index < -0.39 is 0 Å². The molecule has 4 heteroatoms. The van der Waals surface area contributed by atoms with Gasteiger partial charge in [-0.3, -0.25) is 4.79 Å². The first-order valence-electron chi connectivity index (χ1n) is 7.27. The van der Waals surface area contributed by atoms with Crippen LogP contribution >= 0.6 is 11.6 Å². The molecule has 3 nitrogen and oxygen atoms in total. The standard InChI is InChI=1S/C18H20ClNO2/c1-13-12-17(22-2)11-6-14(13)4-3-5-18(21)20-16-9-7-15(19)8-10-16/h6-12H,3-5H2,1-2H3,(H,20,21). The topological polar surface area (TPSA) is 38.3 Å². The monoisotopic (exact) mass is 317 g/mol. The average molecular weight is 318 g/mol. The second-order valence-electron chi connectivity index (χ2n) is 5.20. The van der Waals surface area contributed by atoms with E-state index in [1.807, 2.05) is 12.1 Å². The lowest BCUT2D eigenvalue weighted by atomic mass is 10.0. The molecule has 2 aromatic carbocycles. The summed E-state index contributed by atoms with van der Waals surface area (Å²) in [6.45, 7) is 2.06. The lowest BCUT2D eigenvalue weighted by Crippen LogP contribution is -2.11. The number of methoxy groups -OCH3 is 1. The van der Waals surface area contributed by atoms with Gasteiger partial charge in [-0.15, -0.1) is 0 Å². The maximum atomic E-state index is 11.9. The third kappa shape index (κ3) is 4.78. The molecule has 0 aliphatic heterocycles. The van der Waals surface area contributed by atoms with Crippen LogP contribution in [0.5, 0.6) is 5.75 Å². The molecule has 116 valence electrons. The number of carbonyl (C=O) groups is 1. The molecule has 0 aromatic heterocycles. The van der Waals surface area contributed by atoms with Crippen LogP contribution in [-0.2, 0) is 11.2 Å². The number of amides is 1. The van der Waals surface area contributed by atoms with Crippen LogP contribution in [0.2, 0.25) is 5.02 Å². The van der Waals surface area contributed by atoms with Gasteiger partial charge in [-0.05, 0) is 67.3 Å². The summed E-state index contributed by atoms with van der Waals surface area (Å²) in [5, 5.41) is 3.53. The zero-order chi connectivity index (χ0) is 15.9. The molecule has 0 saturated carbocycles. The first kappa shape index (κ1) is 16.4. The van der Waals surface area contributed by atoms with E-state index in [9.17, 15) is 4.79 Å². The van der Waals surface area contributed by atoms with Crippen LogP contribution in [0.3, 0.4) is 0 Å². The largest absolute Gasteiger partial charge is 0.497 e. The molecule has 0 bridgehead atoms. The Bertz CT molecular complexity index is 638. The van der Waals surface area contributed by atoms with Crippen LogP contribution in [-0.4, -0.2) is 13.0 Å². The second kappa shape index (κ2) is 7.85. The van der Waals surface area contributed by atoms with Crippen molar-refractivity contribution < 1.29 is 9.53 Å². The van der Waals surface area contributed by atoms with E-state index in [-0.39, 0.29) is 5.91 Å². The van der Waals surface area contributed by atoms with E-state index >= 15 is 0 Å². The van der Waals surface area contributed by atoms with Gasteiger partial charge in [-0.25, -0.2) is 0 Å². The summed E-state index contributed by atoms with van der Waals surface area (Å²) < 4.78 is 5.19. The van der Waals surface area contributed by atoms with E-state index in [1.54, 1.807) is 31.4 Å². The van der Waals surface area contributed by atoms with Gasteiger partial charge in [0, 0.05) is 17.1 Å². The van der Waals surface area contributed by atoms with Gasteiger partial charge in [0.25, 0.3) is 0 Å². The molecule has 1 N–H and O–H groups in total. The van der Waals surface area contributed by atoms with Gasteiger partial charge in [0.05, 0.1) is 7.11 Å². The van der Waals surface area contributed by atoms with Crippen molar-refractivity contribution in [1.82, 2.24) is 0 Å². The number of nitrogens with one attached hydrogen (secondary N) is 1. The molecule has 0 aliphatic carbocycles. The van der Waals surface area contributed by atoms with Crippen LogP contribution in [0.25, 0.3) is 0 Å². The molecule has 0 radical (unpaired) electrons. The first-order valence-corrected chi connectivity index (χ1v) is 7.65. The SMILES string of the molecule is COc1ccc(CCCC(=O)Nc2ccc(Cl)cc2)c(C)c1. The van der Waals surface area contributed by atoms with Crippen LogP contribution < -0.4 is 10.1 Å². The lowest BCUT2D eigenvalue weighted by molar-refractivity contribution is -0.116. The van der Waals surface area contributed by atoms with Gasteiger partial charge in [0.2, 0.25) is 5.91 Å². The zero-order valence-electron chi connectivity index (χ0n) is 12.9. The van der Waals surface area contributed by atoms with Gasteiger partial charge in [-0.2, -0.15) is 0 Å². The molecule has 0 atom stereocenters. The first-order chi connectivity index (χ1) is 10.6. The maximum absolute atomic E-state index is 11.9. The Morgan fingerprint density at radius 1 is 1.18 bits per heavy atom. The minimum absolute atomic E-state index is 0.0217. The predicted octanol–water partition coefficient (Wildman–Crippen LogP) is 4.62. The summed E-state index contributed by atoms with van der Waals surface area (Å²) in [7, 11) is 1.66. The number of aryl methyl sites for hydroxylation is 2. The van der Waals surface area contributed by atoms with E-state index in [4.69, 9.17) is 16.3 Å². The highest BCUT2D eigenvalue weighted by Gasteiger charge is 2.05. The smallest absolute Gasteiger partial charge is 0.224 e. The van der Waals surface area contributed by atoms with Gasteiger partial charge < -0.3 is 10.1 Å². The Hall–Kier alpha value is -2.00. The van der Waals surface area contributed by atoms with Gasteiger partial charge in [0.1, 0.15) is 5.75 Å². The molecule has 1 amide bonds. The number of carbonyl (C=O) groups excluding carboxylic acids is 1. The molecule has 2 aromatic rings. The second-order valence-corrected chi connectivity index (χ2v) is 5.64. The lowest BCUT2D eigenvalue weighted by Gasteiger charge is -2.08. The molecule has 0 aliphatic rings. The zero-order valence-corrected chi connectivity index (χ0v) is 13.6. The number of halogens is 1. The van der Waals surface area contributed by atoms with Crippen LogP contribution in [0.15, 0.2) is 42.5 Å². The number of ether oxygens (including phenoxy) is 1. The third-order valence-corrected chi connectivity index (χ3v) is 3.78. The fraction of sp³-hybridized carbons (Fsp3) is 0.278. The molecular weight excluding hydrogens is 298 g/mol. The van der Waals surface area contributed by atoms with Crippen molar-refractivity contribution in [3.8, 4) is 5.75 Å². The van der Waals surface area contributed by atoms with Crippen molar-refractivity contribution in [1.29, 1.82) is 0 Å². The quantitative estimate of drug-likeness (QED) is 0.844. The predicted molar refractivity (Wildman–Crippen MR) is 90.8 cm³/mol. The number of hydrogen-bond donors (Lipinski definition) is 1. The van der Waals surface area contributed by atoms with E-state index in [2.05, 4.69) is 18.3 Å². The normalized spacial score (nSPS) is 10.3. The fourth-order valence-corrected chi connectivity index (χ4v) is 2.40.